The van der Waals surface area contributed by atoms with Gasteiger partial charge in [0.15, 0.2) is 0 Å². The van der Waals surface area contributed by atoms with Crippen LogP contribution in [-0.2, 0) is 13.0 Å². The molecule has 0 aliphatic carbocycles. The first-order valence-electron chi connectivity index (χ1n) is 3.73. The molecule has 0 spiro atoms. The van der Waals surface area contributed by atoms with Gasteiger partial charge >= 0.3 is 12.4 Å². The second kappa shape index (κ2) is 3.74. The monoisotopic (exact) mass is 231 g/mol. The largest absolute Gasteiger partial charge is 0.408 e. The number of nitrogens with zero attached hydrogens (tertiary/aromatic N) is 2. The summed E-state index contributed by atoms with van der Waals surface area (Å²) in [5, 5.41) is 3.10. The van der Waals surface area contributed by atoms with Gasteiger partial charge < -0.3 is 0 Å². The highest BCUT2D eigenvalue weighted by atomic mass is 19.4. The molecular weight excluding hydrogens is 226 g/mol. The third-order valence-electron chi connectivity index (χ3n) is 1.34. The summed E-state index contributed by atoms with van der Waals surface area (Å²) in [7, 11) is 0. The van der Waals surface area contributed by atoms with E-state index < -0.39 is 31.0 Å². The van der Waals surface area contributed by atoms with Gasteiger partial charge in [-0.3, -0.25) is 4.68 Å². The lowest BCUT2D eigenvalue weighted by atomic mass is 10.3. The van der Waals surface area contributed by atoms with Crippen LogP contribution in [0.2, 0.25) is 0 Å². The van der Waals surface area contributed by atoms with Crippen LogP contribution in [0.4, 0.5) is 26.3 Å². The average molecular weight is 231 g/mol. The van der Waals surface area contributed by atoms with Crippen LogP contribution in [0.3, 0.4) is 0 Å². The van der Waals surface area contributed by atoms with E-state index in [-0.39, 0.29) is 0 Å². The molecule has 0 aromatic carbocycles. The Labute approximate surface area is 80.5 Å². The molecule has 0 saturated carbocycles. The molecular formula is C7H5F6N2. The Hall–Kier alpha value is -1.21. The normalized spacial score (nSPS) is 13.2. The number of hydrogen-bond acceptors (Lipinski definition) is 1. The van der Waals surface area contributed by atoms with Crippen molar-refractivity contribution >= 4 is 0 Å². The lowest BCUT2D eigenvalue weighted by Crippen LogP contribution is -2.18. The quantitative estimate of drug-likeness (QED) is 0.714. The average Bonchev–Trinajstić information content (AvgIpc) is 2.28. The predicted octanol–water partition coefficient (Wildman–Crippen LogP) is 2.35. The molecule has 0 fully saturated rings. The van der Waals surface area contributed by atoms with Crippen LogP contribution >= 0.6 is 0 Å². The fourth-order valence-electron chi connectivity index (χ4n) is 0.903. The van der Waals surface area contributed by atoms with Crippen molar-refractivity contribution in [3.8, 4) is 0 Å². The minimum Gasteiger partial charge on any atom is -0.263 e. The van der Waals surface area contributed by atoms with E-state index in [1.807, 2.05) is 6.07 Å². The summed E-state index contributed by atoms with van der Waals surface area (Å²) in [5.41, 5.74) is -0.549. The first-order chi connectivity index (χ1) is 6.66. The van der Waals surface area contributed by atoms with Gasteiger partial charge in [-0.15, -0.1) is 0 Å². The highest BCUT2D eigenvalue weighted by Gasteiger charge is 2.31. The molecule has 0 atom stereocenters. The second-order valence-corrected chi connectivity index (χ2v) is 2.82. The Kier molecular flexibility index (Phi) is 2.96. The predicted molar refractivity (Wildman–Crippen MR) is 36.9 cm³/mol. The fraction of sp³-hybridized carbons (Fsp3) is 0.571. The van der Waals surface area contributed by atoms with Crippen molar-refractivity contribution < 1.29 is 26.3 Å². The summed E-state index contributed by atoms with van der Waals surface area (Å²) >= 11 is 0. The van der Waals surface area contributed by atoms with Gasteiger partial charge in [-0.1, -0.05) is 0 Å². The number of alkyl halides is 6. The van der Waals surface area contributed by atoms with Crippen LogP contribution in [-0.4, -0.2) is 22.1 Å². The Morgan fingerprint density at radius 3 is 2.20 bits per heavy atom. The van der Waals surface area contributed by atoms with Gasteiger partial charge in [0.25, 0.3) is 0 Å². The highest BCUT2D eigenvalue weighted by molar-refractivity contribution is 4.98. The van der Waals surface area contributed by atoms with Crippen molar-refractivity contribution in [1.82, 2.24) is 9.78 Å². The van der Waals surface area contributed by atoms with Crippen LogP contribution in [0.5, 0.6) is 0 Å². The molecule has 0 saturated heterocycles. The molecule has 0 N–H and O–H groups in total. The topological polar surface area (TPSA) is 17.8 Å². The Bertz CT molecular complexity index is 292. The van der Waals surface area contributed by atoms with Gasteiger partial charge in [0.05, 0.1) is 12.1 Å². The zero-order valence-corrected chi connectivity index (χ0v) is 7.15. The van der Waals surface area contributed by atoms with E-state index in [9.17, 15) is 26.3 Å². The van der Waals surface area contributed by atoms with Crippen LogP contribution in [0.15, 0.2) is 6.20 Å². The number of rotatable bonds is 2. The molecule has 1 radical (unpaired) electrons. The van der Waals surface area contributed by atoms with E-state index in [0.29, 0.717) is 4.68 Å². The van der Waals surface area contributed by atoms with Crippen molar-refractivity contribution in [1.29, 1.82) is 0 Å². The van der Waals surface area contributed by atoms with E-state index in [1.165, 1.54) is 0 Å². The SMILES string of the molecule is FC(F)(F)Cc1[c]cn(CC(F)(F)F)n1. The van der Waals surface area contributed by atoms with Crippen molar-refractivity contribution in [2.24, 2.45) is 0 Å². The standard InChI is InChI=1S/C7H5F6N2/c8-6(9,10)3-5-1-2-15(14-5)4-7(11,12)13/h2H,3-4H2. The zero-order valence-electron chi connectivity index (χ0n) is 7.15. The Morgan fingerprint density at radius 2 is 1.73 bits per heavy atom. The summed E-state index contributed by atoms with van der Waals surface area (Å²) < 4.78 is 71.1. The summed E-state index contributed by atoms with van der Waals surface area (Å²) in [6.07, 6.45) is -9.63. The summed E-state index contributed by atoms with van der Waals surface area (Å²) in [6.45, 7) is -1.42. The van der Waals surface area contributed by atoms with Crippen LogP contribution in [0.25, 0.3) is 0 Å². The minimum absolute atomic E-state index is 0.376. The lowest BCUT2D eigenvalue weighted by molar-refractivity contribution is -0.142. The lowest BCUT2D eigenvalue weighted by Gasteiger charge is -2.05. The first-order valence-corrected chi connectivity index (χ1v) is 3.73. The fourth-order valence-corrected chi connectivity index (χ4v) is 0.903. The third kappa shape index (κ3) is 4.71. The van der Waals surface area contributed by atoms with Crippen LogP contribution in [0, 0.1) is 6.07 Å². The van der Waals surface area contributed by atoms with E-state index in [0.717, 1.165) is 6.20 Å². The molecule has 0 aliphatic rings. The molecule has 1 rings (SSSR count). The molecule has 1 aromatic rings. The van der Waals surface area contributed by atoms with E-state index in [4.69, 9.17) is 0 Å². The molecule has 0 bridgehead atoms. The molecule has 8 heteroatoms. The summed E-state index contributed by atoms with van der Waals surface area (Å²) in [4.78, 5) is 0. The van der Waals surface area contributed by atoms with Gasteiger partial charge in [-0.25, -0.2) is 0 Å². The zero-order chi connectivity index (χ0) is 11.7. The van der Waals surface area contributed by atoms with Crippen molar-refractivity contribution in [2.75, 3.05) is 0 Å². The summed E-state index contributed by atoms with van der Waals surface area (Å²) in [5.74, 6) is 0. The number of halogens is 6. The molecule has 0 aliphatic heterocycles. The number of aromatic nitrogens is 2. The molecule has 85 valence electrons. The molecule has 1 aromatic heterocycles. The van der Waals surface area contributed by atoms with Gasteiger partial charge in [-0.2, -0.15) is 31.4 Å². The number of hydrogen-bond donors (Lipinski definition) is 0. The summed E-state index contributed by atoms with van der Waals surface area (Å²) in [6, 6.07) is 2.02. The minimum atomic E-state index is -4.50. The Balaban J connectivity index is 2.65. The first kappa shape index (κ1) is 11.9. The van der Waals surface area contributed by atoms with Crippen LogP contribution < -0.4 is 0 Å². The molecule has 0 amide bonds. The van der Waals surface area contributed by atoms with Gasteiger partial charge in [0, 0.05) is 12.3 Å². The van der Waals surface area contributed by atoms with Gasteiger partial charge in [-0.05, 0) is 0 Å². The maximum atomic E-state index is 11.8. The Morgan fingerprint density at radius 1 is 1.13 bits per heavy atom. The van der Waals surface area contributed by atoms with Crippen LogP contribution in [0.1, 0.15) is 5.69 Å². The van der Waals surface area contributed by atoms with E-state index in [1.54, 1.807) is 0 Å². The molecule has 0 unspecified atom stereocenters. The maximum absolute atomic E-state index is 11.8. The smallest absolute Gasteiger partial charge is 0.263 e. The maximum Gasteiger partial charge on any atom is 0.408 e. The third-order valence-corrected chi connectivity index (χ3v) is 1.34. The molecule has 15 heavy (non-hydrogen) atoms. The van der Waals surface area contributed by atoms with Crippen molar-refractivity contribution in [2.45, 2.75) is 25.3 Å². The van der Waals surface area contributed by atoms with Gasteiger partial charge in [0.1, 0.15) is 6.54 Å². The van der Waals surface area contributed by atoms with Crippen molar-refractivity contribution in [3.63, 3.8) is 0 Å². The van der Waals surface area contributed by atoms with E-state index >= 15 is 0 Å². The van der Waals surface area contributed by atoms with E-state index in [2.05, 4.69) is 5.10 Å². The highest BCUT2D eigenvalue weighted by Crippen LogP contribution is 2.21. The molecule has 1 heterocycles. The second-order valence-electron chi connectivity index (χ2n) is 2.82. The van der Waals surface area contributed by atoms with Crippen molar-refractivity contribution in [3.05, 3.63) is 18.0 Å². The van der Waals surface area contributed by atoms with Gasteiger partial charge in [0.2, 0.25) is 0 Å². The molecule has 2 nitrogen and oxygen atoms in total.